The van der Waals surface area contributed by atoms with Gasteiger partial charge in [-0.2, -0.15) is 10.2 Å². The molecule has 0 radical (unpaired) electrons. The molecule has 2 heterocycles. The maximum absolute atomic E-state index is 11.7. The molecule has 0 fully saturated rings. The Morgan fingerprint density at radius 1 is 1.37 bits per heavy atom. The fraction of sp³-hybridized carbons (Fsp3) is 0.462. The fourth-order valence-electron chi connectivity index (χ4n) is 1.91. The molecule has 19 heavy (non-hydrogen) atoms. The molecule has 102 valence electrons. The summed E-state index contributed by atoms with van der Waals surface area (Å²) < 4.78 is 3.54. The molecule has 0 aliphatic carbocycles. The minimum atomic E-state index is 0.0245. The van der Waals surface area contributed by atoms with Crippen molar-refractivity contribution < 1.29 is 4.79 Å². The summed E-state index contributed by atoms with van der Waals surface area (Å²) in [5, 5.41) is 11.3. The lowest BCUT2D eigenvalue weighted by Crippen LogP contribution is -2.24. The van der Waals surface area contributed by atoms with Crippen molar-refractivity contribution in [1.29, 1.82) is 0 Å². The van der Waals surface area contributed by atoms with E-state index in [4.69, 9.17) is 0 Å². The zero-order chi connectivity index (χ0) is 13.8. The van der Waals surface area contributed by atoms with Crippen molar-refractivity contribution in [2.45, 2.75) is 33.4 Å². The van der Waals surface area contributed by atoms with Crippen LogP contribution in [0.15, 0.2) is 18.6 Å². The van der Waals surface area contributed by atoms with Crippen LogP contribution in [0.4, 0.5) is 0 Å². The first-order valence-electron chi connectivity index (χ1n) is 6.29. The molecule has 0 unspecified atom stereocenters. The van der Waals surface area contributed by atoms with Crippen LogP contribution in [0.3, 0.4) is 0 Å². The van der Waals surface area contributed by atoms with Crippen molar-refractivity contribution in [3.8, 4) is 0 Å². The number of hydrogen-bond acceptors (Lipinski definition) is 3. The Bertz CT molecular complexity index is 569. The molecule has 1 N–H and O–H groups in total. The average molecular weight is 261 g/mol. The van der Waals surface area contributed by atoms with E-state index in [2.05, 4.69) is 15.5 Å². The van der Waals surface area contributed by atoms with E-state index >= 15 is 0 Å². The predicted molar refractivity (Wildman–Crippen MR) is 71.4 cm³/mol. The Balaban J connectivity index is 1.77. The minimum Gasteiger partial charge on any atom is -0.352 e. The van der Waals surface area contributed by atoms with Crippen molar-refractivity contribution in [3.63, 3.8) is 0 Å². The molecule has 2 aromatic heterocycles. The number of hydrogen-bond donors (Lipinski definition) is 1. The lowest BCUT2D eigenvalue weighted by molar-refractivity contribution is -0.121. The van der Waals surface area contributed by atoms with Crippen molar-refractivity contribution in [1.82, 2.24) is 24.9 Å². The van der Waals surface area contributed by atoms with E-state index in [9.17, 15) is 4.79 Å². The molecule has 0 saturated heterocycles. The SMILES string of the molecule is Cc1cnn(CCC(=O)NCc2cn(C)nc2C)c1. The molecule has 0 aliphatic heterocycles. The summed E-state index contributed by atoms with van der Waals surface area (Å²) in [6.07, 6.45) is 6.07. The highest BCUT2D eigenvalue weighted by Crippen LogP contribution is 2.04. The third-order valence-corrected chi connectivity index (χ3v) is 2.92. The Kier molecular flexibility index (Phi) is 3.99. The highest BCUT2D eigenvalue weighted by atomic mass is 16.1. The van der Waals surface area contributed by atoms with Gasteiger partial charge in [-0.05, 0) is 19.4 Å². The monoisotopic (exact) mass is 261 g/mol. The quantitative estimate of drug-likeness (QED) is 0.871. The van der Waals surface area contributed by atoms with Crippen LogP contribution >= 0.6 is 0 Å². The Morgan fingerprint density at radius 2 is 2.16 bits per heavy atom. The van der Waals surface area contributed by atoms with Gasteiger partial charge >= 0.3 is 0 Å². The number of aryl methyl sites for hydroxylation is 4. The third-order valence-electron chi connectivity index (χ3n) is 2.92. The molecule has 0 saturated carbocycles. The van der Waals surface area contributed by atoms with Crippen LogP contribution in [-0.4, -0.2) is 25.5 Å². The first-order chi connectivity index (χ1) is 9.04. The lowest BCUT2D eigenvalue weighted by Gasteiger charge is -2.04. The van der Waals surface area contributed by atoms with Gasteiger partial charge in [0.2, 0.25) is 5.91 Å². The lowest BCUT2D eigenvalue weighted by atomic mass is 10.2. The van der Waals surface area contributed by atoms with Gasteiger partial charge in [0.1, 0.15) is 0 Å². The summed E-state index contributed by atoms with van der Waals surface area (Å²) in [5.41, 5.74) is 3.10. The predicted octanol–water partition coefficient (Wildman–Crippen LogP) is 0.940. The number of rotatable bonds is 5. The van der Waals surface area contributed by atoms with Gasteiger partial charge in [0.25, 0.3) is 0 Å². The summed E-state index contributed by atoms with van der Waals surface area (Å²) in [4.78, 5) is 11.7. The average Bonchev–Trinajstić information content (AvgIpc) is 2.90. The summed E-state index contributed by atoms with van der Waals surface area (Å²) in [6, 6.07) is 0. The number of amides is 1. The zero-order valence-corrected chi connectivity index (χ0v) is 11.6. The second-order valence-corrected chi connectivity index (χ2v) is 4.72. The van der Waals surface area contributed by atoms with Gasteiger partial charge in [-0.25, -0.2) is 0 Å². The Hall–Kier alpha value is -2.11. The van der Waals surface area contributed by atoms with Crippen molar-refractivity contribution >= 4 is 5.91 Å². The van der Waals surface area contributed by atoms with Crippen LogP contribution in [-0.2, 0) is 24.9 Å². The standard InChI is InChI=1S/C13H19N5O/c1-10-6-15-18(8-10)5-4-13(19)14-7-12-9-17(3)16-11(12)2/h6,8-9H,4-5,7H2,1-3H3,(H,14,19). The second kappa shape index (κ2) is 5.69. The first-order valence-corrected chi connectivity index (χ1v) is 6.29. The molecule has 2 aromatic rings. The highest BCUT2D eigenvalue weighted by molar-refractivity contribution is 5.75. The first kappa shape index (κ1) is 13.3. The number of nitrogens with one attached hydrogen (secondary N) is 1. The molecule has 0 aliphatic rings. The topological polar surface area (TPSA) is 64.7 Å². The van der Waals surface area contributed by atoms with Gasteiger partial charge in [0.15, 0.2) is 0 Å². The maximum Gasteiger partial charge on any atom is 0.222 e. The molecular formula is C13H19N5O. The highest BCUT2D eigenvalue weighted by Gasteiger charge is 2.06. The van der Waals surface area contributed by atoms with Gasteiger partial charge in [-0.3, -0.25) is 14.2 Å². The van der Waals surface area contributed by atoms with E-state index in [0.29, 0.717) is 19.5 Å². The second-order valence-electron chi connectivity index (χ2n) is 4.72. The van der Waals surface area contributed by atoms with E-state index < -0.39 is 0 Å². The van der Waals surface area contributed by atoms with Gasteiger partial charge < -0.3 is 5.32 Å². The van der Waals surface area contributed by atoms with Gasteiger partial charge in [0.05, 0.1) is 11.9 Å². The van der Waals surface area contributed by atoms with E-state index in [-0.39, 0.29) is 5.91 Å². The Labute approximate surface area is 112 Å². The molecule has 6 nitrogen and oxygen atoms in total. The van der Waals surface area contributed by atoms with Crippen LogP contribution in [0.25, 0.3) is 0 Å². The third kappa shape index (κ3) is 3.67. The van der Waals surface area contributed by atoms with Gasteiger partial charge in [-0.15, -0.1) is 0 Å². The molecular weight excluding hydrogens is 242 g/mol. The molecule has 0 atom stereocenters. The molecule has 0 spiro atoms. The van der Waals surface area contributed by atoms with Crippen LogP contribution in [0.2, 0.25) is 0 Å². The van der Waals surface area contributed by atoms with Gasteiger partial charge in [-0.1, -0.05) is 0 Å². The molecule has 2 rings (SSSR count). The molecule has 1 amide bonds. The van der Waals surface area contributed by atoms with Crippen molar-refractivity contribution in [2.24, 2.45) is 7.05 Å². The summed E-state index contributed by atoms with van der Waals surface area (Å²) in [6.45, 7) is 5.05. The molecule has 0 bridgehead atoms. The number of nitrogens with zero attached hydrogens (tertiary/aromatic N) is 4. The molecule has 6 heteroatoms. The van der Waals surface area contributed by atoms with Crippen LogP contribution in [0.1, 0.15) is 23.2 Å². The normalized spacial score (nSPS) is 10.7. The zero-order valence-electron chi connectivity index (χ0n) is 11.6. The molecule has 0 aromatic carbocycles. The van der Waals surface area contributed by atoms with Crippen molar-refractivity contribution in [2.75, 3.05) is 0 Å². The maximum atomic E-state index is 11.7. The van der Waals surface area contributed by atoms with Gasteiger partial charge in [0, 0.05) is 44.5 Å². The summed E-state index contributed by atoms with van der Waals surface area (Å²) in [7, 11) is 1.87. The van der Waals surface area contributed by atoms with Crippen LogP contribution in [0.5, 0.6) is 0 Å². The Morgan fingerprint density at radius 3 is 2.74 bits per heavy atom. The fourth-order valence-corrected chi connectivity index (χ4v) is 1.91. The van der Waals surface area contributed by atoms with E-state index in [1.54, 1.807) is 15.6 Å². The summed E-state index contributed by atoms with van der Waals surface area (Å²) in [5.74, 6) is 0.0245. The van der Waals surface area contributed by atoms with E-state index in [1.807, 2.05) is 33.3 Å². The number of carbonyl (C=O) groups is 1. The summed E-state index contributed by atoms with van der Waals surface area (Å²) >= 11 is 0. The van der Waals surface area contributed by atoms with Crippen molar-refractivity contribution in [3.05, 3.63) is 35.4 Å². The number of aromatic nitrogens is 4. The van der Waals surface area contributed by atoms with Crippen LogP contribution in [0, 0.1) is 13.8 Å². The van der Waals surface area contributed by atoms with Crippen LogP contribution < -0.4 is 5.32 Å². The minimum absolute atomic E-state index is 0.0245. The van der Waals surface area contributed by atoms with E-state index in [1.165, 1.54) is 0 Å². The van der Waals surface area contributed by atoms with E-state index in [0.717, 1.165) is 16.8 Å². The largest absolute Gasteiger partial charge is 0.352 e. The smallest absolute Gasteiger partial charge is 0.222 e. The number of carbonyl (C=O) groups excluding carboxylic acids is 1.